The molecule has 0 spiro atoms. The SMILES string of the molecule is C#CCOCC=C.[CH]=C=CCOCCOCCOc1ccc(CC)cc1. The van der Waals surface area contributed by atoms with Gasteiger partial charge in [0.25, 0.3) is 0 Å². The van der Waals surface area contributed by atoms with Crippen LogP contribution in [-0.2, 0) is 20.6 Å². The van der Waals surface area contributed by atoms with Gasteiger partial charge in [-0.2, -0.15) is 0 Å². The fourth-order valence-electron chi connectivity index (χ4n) is 1.65. The molecule has 0 aliphatic carbocycles. The van der Waals surface area contributed by atoms with Crippen molar-refractivity contribution in [3.05, 3.63) is 60.9 Å². The van der Waals surface area contributed by atoms with E-state index in [0.29, 0.717) is 46.2 Å². The summed E-state index contributed by atoms with van der Waals surface area (Å²) in [6.45, 7) is 14.2. The van der Waals surface area contributed by atoms with Gasteiger partial charge in [-0.25, -0.2) is 0 Å². The maximum atomic E-state index is 5.55. The van der Waals surface area contributed by atoms with Crippen LogP contribution >= 0.6 is 0 Å². The van der Waals surface area contributed by atoms with Crippen LogP contribution < -0.4 is 4.74 Å². The van der Waals surface area contributed by atoms with Crippen LogP contribution in [0.25, 0.3) is 0 Å². The van der Waals surface area contributed by atoms with Crippen molar-refractivity contribution in [1.29, 1.82) is 0 Å². The van der Waals surface area contributed by atoms with Crippen molar-refractivity contribution in [2.45, 2.75) is 13.3 Å². The average Bonchev–Trinajstić information content (AvgIpc) is 2.68. The van der Waals surface area contributed by atoms with Crippen LogP contribution in [0.3, 0.4) is 0 Å². The third kappa shape index (κ3) is 15.3. The van der Waals surface area contributed by atoms with Gasteiger partial charge in [0, 0.05) is 0 Å². The van der Waals surface area contributed by atoms with E-state index in [2.05, 4.69) is 37.3 Å². The highest BCUT2D eigenvalue weighted by molar-refractivity contribution is 5.27. The molecule has 1 radical (unpaired) electrons. The Labute approximate surface area is 158 Å². The number of hydrogen-bond acceptors (Lipinski definition) is 4. The quantitative estimate of drug-likeness (QED) is 0.234. The van der Waals surface area contributed by atoms with Gasteiger partial charge in [0.15, 0.2) is 0 Å². The molecule has 0 atom stereocenters. The van der Waals surface area contributed by atoms with Gasteiger partial charge in [0.05, 0.1) is 33.0 Å². The number of benzene rings is 1. The Balaban J connectivity index is 0.000000758. The summed E-state index contributed by atoms with van der Waals surface area (Å²) in [4.78, 5) is 0. The standard InChI is InChI=1S/C16H21O3.C6H8O/c1-3-5-10-17-11-12-18-13-14-19-16-8-6-15(4-2)7-9-16;1-3-5-7-6-4-2/h1,5-9H,4,10-14H2,2H3;1,4H,2,5-6H2. The smallest absolute Gasteiger partial charge is 0.119 e. The first kappa shape index (κ1) is 23.7. The number of hydrogen-bond donors (Lipinski definition) is 0. The Morgan fingerprint density at radius 2 is 1.69 bits per heavy atom. The Morgan fingerprint density at radius 1 is 1.00 bits per heavy atom. The Hall–Kier alpha value is -2.28. The van der Waals surface area contributed by atoms with Crippen LogP contribution in [0.5, 0.6) is 5.75 Å². The van der Waals surface area contributed by atoms with E-state index < -0.39 is 0 Å². The van der Waals surface area contributed by atoms with Crippen molar-refractivity contribution < 1.29 is 18.9 Å². The summed E-state index contributed by atoms with van der Waals surface area (Å²) < 4.78 is 20.9. The summed E-state index contributed by atoms with van der Waals surface area (Å²) in [6, 6.07) is 8.12. The molecule has 1 rings (SSSR count). The summed E-state index contributed by atoms with van der Waals surface area (Å²) >= 11 is 0. The largest absolute Gasteiger partial charge is 0.491 e. The van der Waals surface area contributed by atoms with E-state index in [1.54, 1.807) is 12.2 Å². The predicted octanol–water partition coefficient (Wildman–Crippen LogP) is 3.63. The number of rotatable bonds is 13. The van der Waals surface area contributed by atoms with Gasteiger partial charge >= 0.3 is 0 Å². The molecule has 0 aliphatic rings. The van der Waals surface area contributed by atoms with Gasteiger partial charge in [0.2, 0.25) is 0 Å². The van der Waals surface area contributed by atoms with E-state index in [9.17, 15) is 0 Å². The molecule has 0 fully saturated rings. The lowest BCUT2D eigenvalue weighted by molar-refractivity contribution is 0.0449. The number of aryl methyl sites for hydroxylation is 1. The maximum Gasteiger partial charge on any atom is 0.119 e. The maximum absolute atomic E-state index is 5.55. The minimum absolute atomic E-state index is 0.381. The van der Waals surface area contributed by atoms with Gasteiger partial charge in [0.1, 0.15) is 19.0 Å². The number of ether oxygens (including phenoxy) is 4. The second-order valence-electron chi connectivity index (χ2n) is 4.91. The minimum atomic E-state index is 0.381. The Bertz CT molecular complexity index is 536. The van der Waals surface area contributed by atoms with Crippen molar-refractivity contribution in [1.82, 2.24) is 0 Å². The van der Waals surface area contributed by atoms with Gasteiger partial charge in [-0.05, 0) is 36.8 Å². The predicted molar refractivity (Wildman–Crippen MR) is 105 cm³/mol. The molecule has 4 heteroatoms. The second kappa shape index (κ2) is 19.1. The second-order valence-corrected chi connectivity index (χ2v) is 4.91. The van der Waals surface area contributed by atoms with E-state index in [0.717, 1.165) is 12.2 Å². The van der Waals surface area contributed by atoms with Crippen molar-refractivity contribution in [3.8, 4) is 18.1 Å². The van der Waals surface area contributed by atoms with Crippen molar-refractivity contribution in [3.63, 3.8) is 0 Å². The fourth-order valence-corrected chi connectivity index (χ4v) is 1.65. The molecule has 4 nitrogen and oxygen atoms in total. The van der Waals surface area contributed by atoms with Crippen LogP contribution in [0.15, 0.2) is 48.7 Å². The normalized spacial score (nSPS) is 9.23. The molecule has 0 aliphatic heterocycles. The third-order valence-corrected chi connectivity index (χ3v) is 2.94. The van der Waals surface area contributed by atoms with Crippen LogP contribution in [0.2, 0.25) is 0 Å². The molecule has 0 heterocycles. The Morgan fingerprint density at radius 3 is 2.31 bits per heavy atom. The average molecular weight is 357 g/mol. The molecule has 1 aromatic carbocycles. The highest BCUT2D eigenvalue weighted by Crippen LogP contribution is 2.12. The van der Waals surface area contributed by atoms with Gasteiger partial charge in [-0.3, -0.25) is 0 Å². The highest BCUT2D eigenvalue weighted by Gasteiger charge is 1.94. The van der Waals surface area contributed by atoms with Gasteiger partial charge in [-0.1, -0.05) is 31.1 Å². The zero-order chi connectivity index (χ0) is 19.3. The Kier molecular flexibility index (Phi) is 17.4. The first-order chi connectivity index (χ1) is 12.8. The fraction of sp³-hybridized carbons (Fsp3) is 0.409. The zero-order valence-corrected chi connectivity index (χ0v) is 15.6. The highest BCUT2D eigenvalue weighted by atomic mass is 16.5. The summed E-state index contributed by atoms with van der Waals surface area (Å²) in [5, 5.41) is 0. The molecule has 1 aromatic rings. The lowest BCUT2D eigenvalue weighted by Crippen LogP contribution is -2.10. The van der Waals surface area contributed by atoms with Crippen LogP contribution in [0.1, 0.15) is 12.5 Å². The molecule has 0 aromatic heterocycles. The monoisotopic (exact) mass is 357 g/mol. The third-order valence-electron chi connectivity index (χ3n) is 2.94. The molecule has 0 amide bonds. The van der Waals surface area contributed by atoms with Crippen molar-refractivity contribution in [2.24, 2.45) is 0 Å². The van der Waals surface area contributed by atoms with Gasteiger partial charge in [-0.15, -0.1) is 18.7 Å². The summed E-state index contributed by atoms with van der Waals surface area (Å²) in [5.41, 5.74) is 3.70. The summed E-state index contributed by atoms with van der Waals surface area (Å²) in [6.07, 6.45) is 9.19. The number of terminal acetylenes is 1. The molecule has 26 heavy (non-hydrogen) atoms. The molecule has 0 saturated heterocycles. The first-order valence-corrected chi connectivity index (χ1v) is 8.55. The minimum Gasteiger partial charge on any atom is -0.491 e. The lowest BCUT2D eigenvalue weighted by atomic mass is 10.2. The molecule has 0 N–H and O–H groups in total. The van der Waals surface area contributed by atoms with E-state index in [1.165, 1.54) is 5.56 Å². The molecular formula is C22H29O4. The molecule has 0 bridgehead atoms. The van der Waals surface area contributed by atoms with Crippen LogP contribution in [0.4, 0.5) is 0 Å². The van der Waals surface area contributed by atoms with E-state index in [1.807, 2.05) is 12.1 Å². The van der Waals surface area contributed by atoms with Gasteiger partial charge < -0.3 is 18.9 Å². The zero-order valence-electron chi connectivity index (χ0n) is 15.6. The van der Waals surface area contributed by atoms with Crippen LogP contribution in [0, 0.1) is 18.9 Å². The summed E-state index contributed by atoms with van der Waals surface area (Å²) in [7, 11) is 0. The lowest BCUT2D eigenvalue weighted by Gasteiger charge is -2.07. The molecule has 141 valence electrons. The van der Waals surface area contributed by atoms with E-state index in [4.69, 9.17) is 31.9 Å². The topological polar surface area (TPSA) is 36.9 Å². The molecule has 0 unspecified atom stereocenters. The molecular weight excluding hydrogens is 328 g/mol. The summed E-state index contributed by atoms with van der Waals surface area (Å²) in [5.74, 6) is 3.21. The first-order valence-electron chi connectivity index (χ1n) is 8.55. The van der Waals surface area contributed by atoms with E-state index in [-0.39, 0.29) is 0 Å². The van der Waals surface area contributed by atoms with Crippen molar-refractivity contribution >= 4 is 0 Å². The molecule has 0 saturated carbocycles. The van der Waals surface area contributed by atoms with Crippen LogP contribution in [-0.4, -0.2) is 46.2 Å². The van der Waals surface area contributed by atoms with E-state index >= 15 is 0 Å². The van der Waals surface area contributed by atoms with Crippen molar-refractivity contribution in [2.75, 3.05) is 46.2 Å².